The molecule has 0 amide bonds. The minimum Gasteiger partial charge on any atom is -0.496 e. The van der Waals surface area contributed by atoms with E-state index in [1.54, 1.807) is 25.3 Å². The van der Waals surface area contributed by atoms with Gasteiger partial charge in [0.15, 0.2) is 0 Å². The van der Waals surface area contributed by atoms with Crippen molar-refractivity contribution in [2.24, 2.45) is 0 Å². The molecule has 0 aliphatic rings. The summed E-state index contributed by atoms with van der Waals surface area (Å²) in [6.07, 6.45) is 0. The van der Waals surface area contributed by atoms with E-state index in [-0.39, 0.29) is 23.2 Å². The van der Waals surface area contributed by atoms with Crippen LogP contribution in [0.15, 0.2) is 53.1 Å². The lowest BCUT2D eigenvalue weighted by molar-refractivity contribution is 0.389. The summed E-state index contributed by atoms with van der Waals surface area (Å²) >= 11 is 0. The number of hydrogen-bond acceptors (Lipinski definition) is 5. The highest BCUT2D eigenvalue weighted by molar-refractivity contribution is 7.83. The van der Waals surface area contributed by atoms with Crippen LogP contribution >= 0.6 is 0 Å². The summed E-state index contributed by atoms with van der Waals surface area (Å²) in [6.45, 7) is 0. The number of ether oxygens (including phenoxy) is 1. The van der Waals surface area contributed by atoms with Gasteiger partial charge in [-0.05, 0) is 29.8 Å². The Morgan fingerprint density at radius 1 is 1.17 bits per heavy atom. The van der Waals surface area contributed by atoms with E-state index in [9.17, 15) is 8.60 Å². The molecule has 5 nitrogen and oxygen atoms in total. The predicted molar refractivity (Wildman–Crippen MR) is 88.2 cm³/mol. The van der Waals surface area contributed by atoms with Crippen LogP contribution in [0.4, 0.5) is 4.39 Å². The summed E-state index contributed by atoms with van der Waals surface area (Å²) < 4.78 is 35.8. The predicted octanol–water partition coefficient (Wildman–Crippen LogP) is 3.33. The molecule has 1 atom stereocenters. The molecule has 0 aliphatic carbocycles. The quantitative estimate of drug-likeness (QED) is 0.685. The Hall–Kier alpha value is -2.54. The highest BCUT2D eigenvalue weighted by atomic mass is 32.2. The van der Waals surface area contributed by atoms with Gasteiger partial charge >= 0.3 is 0 Å². The molecule has 3 rings (SSSR count). The molecule has 1 unspecified atom stereocenters. The summed E-state index contributed by atoms with van der Waals surface area (Å²) in [5.41, 5.74) is 1.36. The largest absolute Gasteiger partial charge is 0.496 e. The Balaban J connectivity index is 1.71. The van der Waals surface area contributed by atoms with Gasteiger partial charge < -0.3 is 9.26 Å². The highest BCUT2D eigenvalue weighted by Crippen LogP contribution is 2.27. The van der Waals surface area contributed by atoms with Crippen molar-refractivity contribution < 1.29 is 17.9 Å². The van der Waals surface area contributed by atoms with Crippen molar-refractivity contribution in [1.29, 1.82) is 0 Å². The molecule has 0 saturated heterocycles. The maximum atomic E-state index is 13.2. The zero-order chi connectivity index (χ0) is 16.9. The Morgan fingerprint density at radius 2 is 2.00 bits per heavy atom. The van der Waals surface area contributed by atoms with Crippen molar-refractivity contribution in [3.05, 3.63) is 65.8 Å². The van der Waals surface area contributed by atoms with E-state index in [2.05, 4.69) is 10.1 Å². The van der Waals surface area contributed by atoms with Gasteiger partial charge in [-0.1, -0.05) is 29.4 Å². The second-order valence-corrected chi connectivity index (χ2v) is 6.53. The average Bonchev–Trinajstić information content (AvgIpc) is 3.03. The first-order chi connectivity index (χ1) is 11.7. The number of para-hydroxylation sites is 1. The molecule has 0 aliphatic heterocycles. The fourth-order valence-electron chi connectivity index (χ4n) is 2.25. The van der Waals surface area contributed by atoms with Crippen LogP contribution in [0.25, 0.3) is 11.4 Å². The third-order valence-electron chi connectivity index (χ3n) is 3.32. The second kappa shape index (κ2) is 7.35. The maximum absolute atomic E-state index is 13.2. The SMILES string of the molecule is COc1ccccc1-c1noc(CS(=O)Cc2cccc(F)c2)n1. The van der Waals surface area contributed by atoms with Crippen molar-refractivity contribution in [3.8, 4) is 17.1 Å². The van der Waals surface area contributed by atoms with E-state index >= 15 is 0 Å². The Kier molecular flexibility index (Phi) is 5.00. The summed E-state index contributed by atoms with van der Waals surface area (Å²) in [7, 11) is 0.289. The molecule has 2 aromatic carbocycles. The summed E-state index contributed by atoms with van der Waals surface area (Å²) in [5.74, 6) is 1.27. The molecular formula is C17H15FN2O3S. The molecule has 0 spiro atoms. The van der Waals surface area contributed by atoms with E-state index in [4.69, 9.17) is 9.26 Å². The fraction of sp³-hybridized carbons (Fsp3) is 0.176. The summed E-state index contributed by atoms with van der Waals surface area (Å²) in [5, 5.41) is 3.91. The summed E-state index contributed by atoms with van der Waals surface area (Å²) in [4.78, 5) is 4.26. The molecule has 0 bridgehead atoms. The van der Waals surface area contributed by atoms with Gasteiger partial charge in [0.2, 0.25) is 11.7 Å². The van der Waals surface area contributed by atoms with E-state index in [0.717, 1.165) is 0 Å². The zero-order valence-electron chi connectivity index (χ0n) is 12.9. The number of methoxy groups -OCH3 is 1. The van der Waals surface area contributed by atoms with Gasteiger partial charge in [0.05, 0.1) is 12.7 Å². The number of benzene rings is 2. The zero-order valence-corrected chi connectivity index (χ0v) is 13.8. The molecule has 0 N–H and O–H groups in total. The van der Waals surface area contributed by atoms with Crippen molar-refractivity contribution in [2.75, 3.05) is 7.11 Å². The number of hydrogen-bond donors (Lipinski definition) is 0. The first-order valence-corrected chi connectivity index (χ1v) is 8.70. The van der Waals surface area contributed by atoms with Gasteiger partial charge in [-0.25, -0.2) is 4.39 Å². The number of halogens is 1. The molecule has 0 saturated carbocycles. The van der Waals surface area contributed by atoms with Crippen LogP contribution in [0.1, 0.15) is 11.5 Å². The first-order valence-electron chi connectivity index (χ1n) is 7.21. The van der Waals surface area contributed by atoms with Gasteiger partial charge in [-0.15, -0.1) is 0 Å². The number of aromatic nitrogens is 2. The van der Waals surface area contributed by atoms with E-state index in [0.29, 0.717) is 22.7 Å². The van der Waals surface area contributed by atoms with E-state index in [1.807, 2.05) is 18.2 Å². The minimum atomic E-state index is -1.27. The van der Waals surface area contributed by atoms with E-state index in [1.165, 1.54) is 12.1 Å². The van der Waals surface area contributed by atoms with E-state index < -0.39 is 10.8 Å². The topological polar surface area (TPSA) is 65.2 Å². The van der Waals surface area contributed by atoms with Crippen LogP contribution in [0, 0.1) is 5.82 Å². The third-order valence-corrected chi connectivity index (χ3v) is 4.54. The maximum Gasteiger partial charge on any atom is 0.239 e. The lowest BCUT2D eigenvalue weighted by atomic mass is 10.2. The van der Waals surface area contributed by atoms with Crippen molar-refractivity contribution in [1.82, 2.24) is 10.1 Å². The molecule has 124 valence electrons. The van der Waals surface area contributed by atoms with Crippen LogP contribution in [0.5, 0.6) is 5.75 Å². The van der Waals surface area contributed by atoms with Crippen LogP contribution in [0.2, 0.25) is 0 Å². The molecule has 1 aromatic heterocycles. The molecule has 3 aromatic rings. The molecule has 0 fully saturated rings. The standard InChI is InChI=1S/C17H15FN2O3S/c1-22-15-8-3-2-7-14(15)17-19-16(23-20-17)11-24(21)10-12-5-4-6-13(18)9-12/h2-9H,10-11H2,1H3. The van der Waals surface area contributed by atoms with Gasteiger partial charge in [0.1, 0.15) is 17.3 Å². The molecular weight excluding hydrogens is 331 g/mol. The van der Waals surface area contributed by atoms with Gasteiger partial charge in [0.25, 0.3) is 0 Å². The molecule has 7 heteroatoms. The molecule has 24 heavy (non-hydrogen) atoms. The van der Waals surface area contributed by atoms with Crippen LogP contribution in [-0.4, -0.2) is 21.5 Å². The Bertz CT molecular complexity index is 866. The van der Waals surface area contributed by atoms with Crippen molar-refractivity contribution in [3.63, 3.8) is 0 Å². The third kappa shape index (κ3) is 3.86. The lowest BCUT2D eigenvalue weighted by Gasteiger charge is -2.03. The lowest BCUT2D eigenvalue weighted by Crippen LogP contribution is -2.00. The van der Waals surface area contributed by atoms with Gasteiger partial charge in [-0.3, -0.25) is 4.21 Å². The minimum absolute atomic E-state index is 0.110. The monoisotopic (exact) mass is 346 g/mol. The molecule has 1 heterocycles. The smallest absolute Gasteiger partial charge is 0.239 e. The van der Waals surface area contributed by atoms with Crippen LogP contribution in [0.3, 0.4) is 0 Å². The number of rotatable bonds is 6. The van der Waals surface area contributed by atoms with Crippen molar-refractivity contribution in [2.45, 2.75) is 11.5 Å². The second-order valence-electron chi connectivity index (χ2n) is 5.07. The first kappa shape index (κ1) is 16.3. The van der Waals surface area contributed by atoms with Gasteiger partial charge in [0, 0.05) is 16.6 Å². The Morgan fingerprint density at radius 3 is 2.79 bits per heavy atom. The fourth-order valence-corrected chi connectivity index (χ4v) is 3.30. The Labute approximate surface area is 140 Å². The van der Waals surface area contributed by atoms with Crippen molar-refractivity contribution >= 4 is 10.8 Å². The van der Waals surface area contributed by atoms with Gasteiger partial charge in [-0.2, -0.15) is 4.98 Å². The van der Waals surface area contributed by atoms with Crippen LogP contribution < -0.4 is 4.74 Å². The van der Waals surface area contributed by atoms with Crippen LogP contribution in [-0.2, 0) is 22.3 Å². The number of nitrogens with zero attached hydrogens (tertiary/aromatic N) is 2. The summed E-state index contributed by atoms with van der Waals surface area (Å²) in [6, 6.07) is 13.3. The normalized spacial score (nSPS) is 12.1. The average molecular weight is 346 g/mol. The highest BCUT2D eigenvalue weighted by Gasteiger charge is 2.15. The molecule has 0 radical (unpaired) electrons.